The van der Waals surface area contributed by atoms with E-state index < -0.39 is 0 Å². The Balaban J connectivity index is 0.00000264. The summed E-state index contributed by atoms with van der Waals surface area (Å²) in [6.45, 7) is 2.30. The molecule has 2 aromatic rings. The van der Waals surface area contributed by atoms with Crippen LogP contribution in [0.2, 0.25) is 0 Å². The van der Waals surface area contributed by atoms with Crippen molar-refractivity contribution in [1.82, 2.24) is 25.5 Å². The van der Waals surface area contributed by atoms with Gasteiger partial charge in [0.25, 0.3) is 0 Å². The molecule has 0 aliphatic carbocycles. The van der Waals surface area contributed by atoms with Crippen LogP contribution in [0.25, 0.3) is 11.4 Å². The van der Waals surface area contributed by atoms with E-state index in [9.17, 15) is 9.59 Å². The van der Waals surface area contributed by atoms with Crippen LogP contribution in [0.3, 0.4) is 0 Å². The van der Waals surface area contributed by atoms with Crippen molar-refractivity contribution in [2.24, 2.45) is 5.73 Å². The molecule has 10 heteroatoms. The van der Waals surface area contributed by atoms with E-state index in [1.165, 1.54) is 0 Å². The van der Waals surface area contributed by atoms with Crippen LogP contribution in [0.1, 0.15) is 6.92 Å². The fourth-order valence-corrected chi connectivity index (χ4v) is 1.82. The maximum absolute atomic E-state index is 11.7. The fraction of sp³-hybridized carbons (Fsp3) is 0.308. The number of amides is 2. The minimum absolute atomic E-state index is 0. The monoisotopic (exact) mass is 339 g/mol. The van der Waals surface area contributed by atoms with Crippen LogP contribution >= 0.6 is 12.4 Å². The number of benzene rings is 1. The number of nitrogens with zero attached hydrogens (tertiary/aromatic N) is 4. The number of hydrogen-bond donors (Lipinski definition) is 3. The second-order valence-electron chi connectivity index (χ2n) is 4.43. The Morgan fingerprint density at radius 1 is 1.30 bits per heavy atom. The lowest BCUT2D eigenvalue weighted by molar-refractivity contribution is -0.123. The molecule has 23 heavy (non-hydrogen) atoms. The van der Waals surface area contributed by atoms with Crippen molar-refractivity contribution in [2.45, 2.75) is 13.5 Å². The van der Waals surface area contributed by atoms with Gasteiger partial charge in [-0.05, 0) is 29.5 Å². The highest BCUT2D eigenvalue weighted by Gasteiger charge is 2.09. The van der Waals surface area contributed by atoms with Crippen molar-refractivity contribution in [3.05, 3.63) is 24.3 Å². The van der Waals surface area contributed by atoms with Gasteiger partial charge in [0.15, 0.2) is 5.82 Å². The predicted molar refractivity (Wildman–Crippen MR) is 86.9 cm³/mol. The van der Waals surface area contributed by atoms with Gasteiger partial charge >= 0.3 is 0 Å². The van der Waals surface area contributed by atoms with Crippen molar-refractivity contribution in [2.75, 3.05) is 18.4 Å². The van der Waals surface area contributed by atoms with Gasteiger partial charge in [-0.1, -0.05) is 12.1 Å². The summed E-state index contributed by atoms with van der Waals surface area (Å²) in [4.78, 5) is 22.7. The van der Waals surface area contributed by atoms with Gasteiger partial charge in [-0.25, -0.2) is 4.68 Å². The molecule has 0 atom stereocenters. The summed E-state index contributed by atoms with van der Waals surface area (Å²) in [5.41, 5.74) is 6.53. The van der Waals surface area contributed by atoms with Gasteiger partial charge in [-0.3, -0.25) is 9.59 Å². The summed E-state index contributed by atoms with van der Waals surface area (Å²) >= 11 is 0. The molecule has 0 spiro atoms. The van der Waals surface area contributed by atoms with Gasteiger partial charge in [0.05, 0.1) is 13.1 Å². The minimum atomic E-state index is -0.383. The van der Waals surface area contributed by atoms with Crippen LogP contribution < -0.4 is 16.4 Å². The first-order valence-electron chi connectivity index (χ1n) is 6.77. The first-order valence-corrected chi connectivity index (χ1v) is 6.77. The molecule has 1 aromatic carbocycles. The molecule has 9 nitrogen and oxygen atoms in total. The first-order chi connectivity index (χ1) is 10.6. The zero-order valence-electron chi connectivity index (χ0n) is 12.5. The number of aromatic nitrogens is 4. The van der Waals surface area contributed by atoms with E-state index in [4.69, 9.17) is 5.73 Å². The average Bonchev–Trinajstić information content (AvgIpc) is 3.01. The highest BCUT2D eigenvalue weighted by Crippen LogP contribution is 2.19. The molecular weight excluding hydrogens is 322 g/mol. The van der Waals surface area contributed by atoms with Gasteiger partial charge in [0.1, 0.15) is 0 Å². The lowest BCUT2D eigenvalue weighted by Gasteiger charge is -2.08. The molecule has 4 N–H and O–H groups in total. The molecule has 0 radical (unpaired) electrons. The molecule has 1 aromatic heterocycles. The summed E-state index contributed by atoms with van der Waals surface area (Å²) in [6, 6.07) is 7.15. The van der Waals surface area contributed by atoms with Crippen LogP contribution in [0, 0.1) is 0 Å². The second-order valence-corrected chi connectivity index (χ2v) is 4.43. The number of hydrogen-bond acceptors (Lipinski definition) is 6. The molecular formula is C13H18ClN7O2. The third-order valence-corrected chi connectivity index (χ3v) is 2.87. The van der Waals surface area contributed by atoms with Crippen molar-refractivity contribution in [3.8, 4) is 11.4 Å². The number of nitrogens with two attached hydrogens (primary N) is 1. The maximum Gasteiger partial charge on any atom is 0.243 e. The van der Waals surface area contributed by atoms with Crippen LogP contribution in [-0.2, 0) is 16.1 Å². The summed E-state index contributed by atoms with van der Waals surface area (Å²) in [6.07, 6.45) is 0. The van der Waals surface area contributed by atoms with Crippen LogP contribution in [0.5, 0.6) is 0 Å². The van der Waals surface area contributed by atoms with Gasteiger partial charge in [0, 0.05) is 17.8 Å². The van der Waals surface area contributed by atoms with E-state index >= 15 is 0 Å². The average molecular weight is 340 g/mol. The summed E-state index contributed by atoms with van der Waals surface area (Å²) in [5.74, 6) is -0.102. The largest absolute Gasteiger partial charge is 0.346 e. The number of aryl methyl sites for hydroxylation is 1. The van der Waals surface area contributed by atoms with Crippen molar-refractivity contribution >= 4 is 29.9 Å². The molecule has 0 aliphatic heterocycles. The highest BCUT2D eigenvalue weighted by atomic mass is 35.5. The minimum Gasteiger partial charge on any atom is -0.346 e. The van der Waals surface area contributed by atoms with Crippen LogP contribution in [0.15, 0.2) is 24.3 Å². The van der Waals surface area contributed by atoms with Crippen LogP contribution in [0.4, 0.5) is 5.69 Å². The molecule has 0 saturated carbocycles. The van der Waals surface area contributed by atoms with Gasteiger partial charge < -0.3 is 16.4 Å². The topological polar surface area (TPSA) is 128 Å². The summed E-state index contributed by atoms with van der Waals surface area (Å²) in [5, 5.41) is 16.6. The van der Waals surface area contributed by atoms with Crippen molar-refractivity contribution < 1.29 is 9.59 Å². The lowest BCUT2D eigenvalue weighted by Crippen LogP contribution is -2.36. The maximum atomic E-state index is 11.7. The Morgan fingerprint density at radius 2 is 2.09 bits per heavy atom. The molecule has 124 valence electrons. The van der Waals surface area contributed by atoms with E-state index in [2.05, 4.69) is 26.2 Å². The van der Waals surface area contributed by atoms with Crippen molar-refractivity contribution in [1.29, 1.82) is 0 Å². The number of carbonyl (C=O) groups is 2. The molecule has 0 unspecified atom stereocenters. The lowest BCUT2D eigenvalue weighted by atomic mass is 10.2. The third kappa shape index (κ3) is 5.01. The van der Waals surface area contributed by atoms with E-state index in [0.29, 0.717) is 18.1 Å². The molecule has 2 amide bonds. The number of carbonyl (C=O) groups excluding carboxylic acids is 2. The van der Waals surface area contributed by atoms with E-state index in [-0.39, 0.29) is 37.3 Å². The molecule has 0 fully saturated rings. The number of anilines is 1. The summed E-state index contributed by atoms with van der Waals surface area (Å²) < 4.78 is 1.66. The van der Waals surface area contributed by atoms with Gasteiger partial charge in [-0.15, -0.1) is 17.5 Å². The SMILES string of the molecule is CCn1nnnc1-c1cccc(NC(=O)CNC(=O)CN)c1.Cl. The van der Waals surface area contributed by atoms with E-state index in [1.54, 1.807) is 22.9 Å². The Bertz CT molecular complexity index is 674. The molecule has 2 rings (SSSR count). The number of tetrazole rings is 1. The summed E-state index contributed by atoms with van der Waals surface area (Å²) in [7, 11) is 0. The van der Waals surface area contributed by atoms with Gasteiger partial charge in [0.2, 0.25) is 11.8 Å². The van der Waals surface area contributed by atoms with Crippen LogP contribution in [-0.4, -0.2) is 45.1 Å². The predicted octanol–water partition coefficient (Wildman–Crippen LogP) is -0.205. The third-order valence-electron chi connectivity index (χ3n) is 2.87. The quantitative estimate of drug-likeness (QED) is 0.668. The van der Waals surface area contributed by atoms with Gasteiger partial charge in [-0.2, -0.15) is 0 Å². The number of rotatable bonds is 6. The Labute approximate surface area is 139 Å². The number of nitrogens with one attached hydrogen (secondary N) is 2. The molecule has 1 heterocycles. The van der Waals surface area contributed by atoms with E-state index in [0.717, 1.165) is 5.56 Å². The first kappa shape index (κ1) is 18.5. The standard InChI is InChI=1S/C13H17N7O2.ClH/c1-2-20-13(17-18-19-20)9-4-3-5-10(6-9)16-12(22)8-15-11(21)7-14;/h3-6H,2,7-8,14H2,1H3,(H,15,21)(H,16,22);1H. The Hall–Kier alpha value is -2.52. The number of halogens is 1. The molecule has 0 aliphatic rings. The Kier molecular flexibility index (Phi) is 7.10. The molecule has 0 bridgehead atoms. The fourth-order valence-electron chi connectivity index (χ4n) is 1.82. The smallest absolute Gasteiger partial charge is 0.243 e. The highest BCUT2D eigenvalue weighted by molar-refractivity contribution is 5.95. The normalized spacial score (nSPS) is 9.83. The zero-order chi connectivity index (χ0) is 15.9. The van der Waals surface area contributed by atoms with Crippen molar-refractivity contribution in [3.63, 3.8) is 0 Å². The van der Waals surface area contributed by atoms with E-state index in [1.807, 2.05) is 13.0 Å². The zero-order valence-corrected chi connectivity index (χ0v) is 13.3. The Morgan fingerprint density at radius 3 is 2.78 bits per heavy atom. The molecule has 0 saturated heterocycles. The second kappa shape index (κ2) is 8.81.